The molecule has 29 heavy (non-hydrogen) atoms. The number of hydrogen-bond donors (Lipinski definition) is 1. The van der Waals surface area contributed by atoms with Crippen molar-refractivity contribution in [3.05, 3.63) is 56.4 Å². The van der Waals surface area contributed by atoms with Crippen molar-refractivity contribution in [1.29, 1.82) is 5.26 Å². The lowest BCUT2D eigenvalue weighted by Gasteiger charge is -2.18. The summed E-state index contributed by atoms with van der Waals surface area (Å²) in [5, 5.41) is 20.2. The SMILES string of the molecule is Cc1cccc(C)c1OCC(=O)c1c(C)c(C#N)c(=O)n(CC2CCCO2)c1O. The van der Waals surface area contributed by atoms with E-state index < -0.39 is 17.2 Å². The zero-order valence-corrected chi connectivity index (χ0v) is 16.8. The highest BCUT2D eigenvalue weighted by Crippen LogP contribution is 2.26. The van der Waals surface area contributed by atoms with Crippen LogP contribution >= 0.6 is 0 Å². The fourth-order valence-electron chi connectivity index (χ4n) is 3.68. The van der Waals surface area contributed by atoms with E-state index in [4.69, 9.17) is 9.47 Å². The van der Waals surface area contributed by atoms with E-state index in [1.165, 1.54) is 6.92 Å². The number of Topliss-reactive ketones (excluding diaryl/α,β-unsaturated/α-hetero) is 1. The third-order valence-electron chi connectivity index (χ3n) is 5.25. The summed E-state index contributed by atoms with van der Waals surface area (Å²) in [5.41, 5.74) is 1.10. The third-order valence-corrected chi connectivity index (χ3v) is 5.25. The molecule has 7 nitrogen and oxygen atoms in total. The van der Waals surface area contributed by atoms with Crippen molar-refractivity contribution in [1.82, 2.24) is 4.57 Å². The zero-order chi connectivity index (χ0) is 21.1. The fraction of sp³-hybridized carbons (Fsp3) is 0.409. The highest BCUT2D eigenvalue weighted by Gasteiger charge is 2.27. The molecule has 2 aromatic rings. The molecule has 1 saturated heterocycles. The zero-order valence-electron chi connectivity index (χ0n) is 16.8. The van der Waals surface area contributed by atoms with Gasteiger partial charge >= 0.3 is 0 Å². The Balaban J connectivity index is 1.96. The van der Waals surface area contributed by atoms with Crippen molar-refractivity contribution in [2.75, 3.05) is 13.2 Å². The first-order valence-electron chi connectivity index (χ1n) is 9.55. The summed E-state index contributed by atoms with van der Waals surface area (Å²) in [4.78, 5) is 25.6. The molecule has 7 heteroatoms. The average Bonchev–Trinajstić information content (AvgIpc) is 3.18. The summed E-state index contributed by atoms with van der Waals surface area (Å²) in [5.74, 6) is -0.344. The molecule has 1 aromatic carbocycles. The third kappa shape index (κ3) is 4.03. The standard InChI is InChI=1S/C22H24N2O5/c1-13-6-4-7-14(2)20(13)29-12-18(25)19-15(3)17(10-23)21(26)24(22(19)27)11-16-8-5-9-28-16/h4,6-7,16,27H,5,8-9,11-12H2,1-3H3. The molecule has 0 radical (unpaired) electrons. The number of aromatic hydroxyl groups is 1. The Kier molecular flexibility index (Phi) is 6.04. The first-order valence-corrected chi connectivity index (χ1v) is 9.55. The highest BCUT2D eigenvalue weighted by atomic mass is 16.5. The normalized spacial score (nSPS) is 15.9. The first kappa shape index (κ1) is 20.6. The van der Waals surface area contributed by atoms with Gasteiger partial charge in [0.05, 0.1) is 18.2 Å². The van der Waals surface area contributed by atoms with Crippen LogP contribution < -0.4 is 10.3 Å². The molecule has 0 saturated carbocycles. The molecule has 1 fully saturated rings. The Hall–Kier alpha value is -3.11. The van der Waals surface area contributed by atoms with E-state index in [-0.39, 0.29) is 35.9 Å². The quantitative estimate of drug-likeness (QED) is 0.754. The minimum Gasteiger partial charge on any atom is -0.494 e. The number of nitrogens with zero attached hydrogens (tertiary/aromatic N) is 2. The van der Waals surface area contributed by atoms with Crippen LogP contribution in [0.15, 0.2) is 23.0 Å². The van der Waals surface area contributed by atoms with Crippen molar-refractivity contribution < 1.29 is 19.4 Å². The van der Waals surface area contributed by atoms with Gasteiger partial charge < -0.3 is 14.6 Å². The van der Waals surface area contributed by atoms with Crippen LogP contribution in [0.2, 0.25) is 0 Å². The summed E-state index contributed by atoms with van der Waals surface area (Å²) < 4.78 is 12.3. The minimum absolute atomic E-state index is 0.0645. The second kappa shape index (κ2) is 8.50. The number of carbonyl (C=O) groups excluding carboxylic acids is 1. The summed E-state index contributed by atoms with van der Waals surface area (Å²) in [6.07, 6.45) is 1.38. The van der Waals surface area contributed by atoms with Crippen LogP contribution in [0.25, 0.3) is 0 Å². The number of carbonyl (C=O) groups is 1. The number of pyridine rings is 1. The number of aromatic nitrogens is 1. The Labute approximate surface area is 169 Å². The van der Waals surface area contributed by atoms with Gasteiger partial charge in [0.1, 0.15) is 17.4 Å². The molecule has 1 atom stereocenters. The average molecular weight is 396 g/mol. The molecular formula is C22H24N2O5. The molecule has 1 N–H and O–H groups in total. The number of para-hydroxylation sites is 1. The molecule has 152 valence electrons. The maximum absolute atomic E-state index is 12.9. The van der Waals surface area contributed by atoms with E-state index >= 15 is 0 Å². The van der Waals surface area contributed by atoms with E-state index in [0.717, 1.165) is 28.5 Å². The van der Waals surface area contributed by atoms with Crippen molar-refractivity contribution in [2.45, 2.75) is 46.3 Å². The summed E-state index contributed by atoms with van der Waals surface area (Å²) in [7, 11) is 0. The number of rotatable bonds is 6. The van der Waals surface area contributed by atoms with Crippen LogP contribution in [0, 0.1) is 32.1 Å². The Morgan fingerprint density at radius 1 is 1.34 bits per heavy atom. The predicted octanol–water partition coefficient (Wildman–Crippen LogP) is 2.79. The van der Waals surface area contributed by atoms with E-state index in [1.807, 2.05) is 38.1 Å². The van der Waals surface area contributed by atoms with Gasteiger partial charge in [-0.3, -0.25) is 14.2 Å². The van der Waals surface area contributed by atoms with Gasteiger partial charge in [0.2, 0.25) is 11.7 Å². The maximum Gasteiger partial charge on any atom is 0.271 e. The second-order valence-corrected chi connectivity index (χ2v) is 7.29. The lowest BCUT2D eigenvalue weighted by Crippen LogP contribution is -2.31. The number of hydrogen-bond acceptors (Lipinski definition) is 6. The largest absolute Gasteiger partial charge is 0.494 e. The molecule has 3 rings (SSSR count). The number of benzene rings is 1. The Morgan fingerprint density at radius 2 is 2.03 bits per heavy atom. The molecular weight excluding hydrogens is 372 g/mol. The van der Waals surface area contributed by atoms with Crippen LogP contribution in [0.1, 0.15) is 45.5 Å². The summed E-state index contributed by atoms with van der Waals surface area (Å²) >= 11 is 0. The minimum atomic E-state index is -0.620. The topological polar surface area (TPSA) is 102 Å². The van der Waals surface area contributed by atoms with E-state index in [0.29, 0.717) is 12.4 Å². The van der Waals surface area contributed by atoms with Gasteiger partial charge in [-0.15, -0.1) is 0 Å². The van der Waals surface area contributed by atoms with Crippen molar-refractivity contribution in [2.24, 2.45) is 0 Å². The molecule has 0 aliphatic carbocycles. The predicted molar refractivity (Wildman–Crippen MR) is 107 cm³/mol. The van der Waals surface area contributed by atoms with Gasteiger partial charge in [-0.25, -0.2) is 0 Å². The second-order valence-electron chi connectivity index (χ2n) is 7.29. The molecule has 2 heterocycles. The number of ether oxygens (including phenoxy) is 2. The van der Waals surface area contributed by atoms with Crippen LogP contribution in [-0.2, 0) is 11.3 Å². The summed E-state index contributed by atoms with van der Waals surface area (Å²) in [6.45, 7) is 5.62. The monoisotopic (exact) mass is 396 g/mol. The molecule has 0 spiro atoms. The van der Waals surface area contributed by atoms with Crippen LogP contribution in [-0.4, -0.2) is 34.8 Å². The van der Waals surface area contributed by atoms with Gasteiger partial charge in [0, 0.05) is 6.61 Å². The first-order chi connectivity index (χ1) is 13.8. The smallest absolute Gasteiger partial charge is 0.271 e. The van der Waals surface area contributed by atoms with Crippen molar-refractivity contribution in [3.8, 4) is 17.7 Å². The van der Waals surface area contributed by atoms with E-state index in [2.05, 4.69) is 0 Å². The van der Waals surface area contributed by atoms with E-state index in [1.54, 1.807) is 0 Å². The molecule has 1 aliphatic rings. The van der Waals surface area contributed by atoms with Crippen molar-refractivity contribution >= 4 is 5.78 Å². The molecule has 1 aromatic heterocycles. The van der Waals surface area contributed by atoms with Gasteiger partial charge in [0.15, 0.2) is 6.61 Å². The summed E-state index contributed by atoms with van der Waals surface area (Å²) in [6, 6.07) is 7.52. The number of aryl methyl sites for hydroxylation is 2. The van der Waals surface area contributed by atoms with Crippen LogP contribution in [0.4, 0.5) is 0 Å². The maximum atomic E-state index is 12.9. The number of ketones is 1. The van der Waals surface area contributed by atoms with Gasteiger partial charge in [-0.1, -0.05) is 18.2 Å². The fourth-order valence-corrected chi connectivity index (χ4v) is 3.68. The van der Waals surface area contributed by atoms with Gasteiger partial charge in [-0.05, 0) is 50.3 Å². The lowest BCUT2D eigenvalue weighted by atomic mass is 10.0. The molecule has 0 bridgehead atoms. The van der Waals surface area contributed by atoms with Crippen LogP contribution in [0.3, 0.4) is 0 Å². The van der Waals surface area contributed by atoms with Gasteiger partial charge in [0.25, 0.3) is 5.56 Å². The molecule has 0 amide bonds. The number of nitriles is 1. The van der Waals surface area contributed by atoms with Crippen molar-refractivity contribution in [3.63, 3.8) is 0 Å². The lowest BCUT2D eigenvalue weighted by molar-refractivity contribution is 0.0893. The molecule has 1 aliphatic heterocycles. The molecule has 1 unspecified atom stereocenters. The van der Waals surface area contributed by atoms with Crippen LogP contribution in [0.5, 0.6) is 11.6 Å². The Bertz CT molecular complexity index is 1020. The van der Waals surface area contributed by atoms with E-state index in [9.17, 15) is 20.0 Å². The van der Waals surface area contributed by atoms with Gasteiger partial charge in [-0.2, -0.15) is 5.26 Å². The Morgan fingerprint density at radius 3 is 2.62 bits per heavy atom. The highest BCUT2D eigenvalue weighted by molar-refractivity contribution is 6.01.